The Balaban J connectivity index is 1.69. The van der Waals surface area contributed by atoms with Crippen LogP contribution in [0.15, 0.2) is 48.5 Å². The molecule has 0 aliphatic rings. The standard InChI is InChI=1S/C18H20N4O4/c1-12-5-7-14(8-6-12)20-10-16(23)21-22-17(24)11-26-15-4-2-3-13(9-15)18(19)25/h2-9,20H,10-11H2,1H3,(H2,19,25)(H,21,23)(H,22,24). The zero-order chi connectivity index (χ0) is 18.9. The molecular weight excluding hydrogens is 336 g/mol. The van der Waals surface area contributed by atoms with Gasteiger partial charge in [0, 0.05) is 11.3 Å². The Morgan fingerprint density at radius 3 is 2.38 bits per heavy atom. The van der Waals surface area contributed by atoms with Crippen LogP contribution in [-0.2, 0) is 9.59 Å². The van der Waals surface area contributed by atoms with E-state index in [0.717, 1.165) is 11.3 Å². The first kappa shape index (κ1) is 18.8. The summed E-state index contributed by atoms with van der Waals surface area (Å²) in [4.78, 5) is 34.5. The van der Waals surface area contributed by atoms with Gasteiger partial charge >= 0.3 is 0 Å². The monoisotopic (exact) mass is 356 g/mol. The summed E-state index contributed by atoms with van der Waals surface area (Å²) in [7, 11) is 0. The van der Waals surface area contributed by atoms with Crippen LogP contribution in [0.1, 0.15) is 15.9 Å². The lowest BCUT2D eigenvalue weighted by Crippen LogP contribution is -2.45. The van der Waals surface area contributed by atoms with E-state index in [2.05, 4.69) is 16.2 Å². The minimum Gasteiger partial charge on any atom is -0.484 e. The maximum absolute atomic E-state index is 11.7. The highest BCUT2D eigenvalue weighted by Crippen LogP contribution is 2.12. The SMILES string of the molecule is Cc1ccc(NCC(=O)NNC(=O)COc2cccc(C(N)=O)c2)cc1. The number of anilines is 1. The van der Waals surface area contributed by atoms with Gasteiger partial charge in [-0.3, -0.25) is 25.2 Å². The number of primary amides is 1. The van der Waals surface area contributed by atoms with Crippen LogP contribution >= 0.6 is 0 Å². The minimum absolute atomic E-state index is 0.00482. The number of ether oxygens (including phenoxy) is 1. The number of amides is 3. The van der Waals surface area contributed by atoms with Gasteiger partial charge in [0.2, 0.25) is 5.91 Å². The smallest absolute Gasteiger partial charge is 0.276 e. The van der Waals surface area contributed by atoms with Crippen LogP contribution in [0.3, 0.4) is 0 Å². The number of carbonyl (C=O) groups is 3. The van der Waals surface area contributed by atoms with Crippen molar-refractivity contribution < 1.29 is 19.1 Å². The van der Waals surface area contributed by atoms with E-state index in [9.17, 15) is 14.4 Å². The molecule has 0 atom stereocenters. The zero-order valence-electron chi connectivity index (χ0n) is 14.2. The Labute approximate surface area is 150 Å². The molecule has 0 saturated carbocycles. The van der Waals surface area contributed by atoms with Crippen molar-refractivity contribution in [3.05, 3.63) is 59.7 Å². The summed E-state index contributed by atoms with van der Waals surface area (Å²) in [6.45, 7) is 1.65. The molecule has 0 heterocycles. The van der Waals surface area contributed by atoms with Gasteiger partial charge in [0.25, 0.3) is 11.8 Å². The molecule has 0 bridgehead atoms. The molecule has 0 saturated heterocycles. The maximum Gasteiger partial charge on any atom is 0.276 e. The second-order valence-corrected chi connectivity index (χ2v) is 5.50. The zero-order valence-corrected chi connectivity index (χ0v) is 14.2. The van der Waals surface area contributed by atoms with E-state index >= 15 is 0 Å². The van der Waals surface area contributed by atoms with Crippen molar-refractivity contribution in [2.45, 2.75) is 6.92 Å². The van der Waals surface area contributed by atoms with Crippen LogP contribution in [0.25, 0.3) is 0 Å². The summed E-state index contributed by atoms with van der Waals surface area (Å²) in [5, 5.41) is 2.93. The van der Waals surface area contributed by atoms with Gasteiger partial charge < -0.3 is 15.8 Å². The van der Waals surface area contributed by atoms with Crippen LogP contribution in [0.4, 0.5) is 5.69 Å². The van der Waals surface area contributed by atoms with Crippen molar-refractivity contribution in [3.63, 3.8) is 0 Å². The summed E-state index contributed by atoms with van der Waals surface area (Å²) >= 11 is 0. The Morgan fingerprint density at radius 2 is 1.69 bits per heavy atom. The molecule has 8 nitrogen and oxygen atoms in total. The van der Waals surface area contributed by atoms with Gasteiger partial charge in [-0.25, -0.2) is 0 Å². The fourth-order valence-corrected chi connectivity index (χ4v) is 1.96. The number of hydrazine groups is 1. The van der Waals surface area contributed by atoms with Gasteiger partial charge in [0.15, 0.2) is 6.61 Å². The van der Waals surface area contributed by atoms with Crippen molar-refractivity contribution in [1.82, 2.24) is 10.9 Å². The summed E-state index contributed by atoms with van der Waals surface area (Å²) < 4.78 is 5.24. The molecule has 136 valence electrons. The highest BCUT2D eigenvalue weighted by molar-refractivity contribution is 5.93. The highest BCUT2D eigenvalue weighted by atomic mass is 16.5. The molecule has 2 aromatic rings. The van der Waals surface area contributed by atoms with Gasteiger partial charge in [-0.05, 0) is 37.3 Å². The molecule has 26 heavy (non-hydrogen) atoms. The Bertz CT molecular complexity index is 790. The average molecular weight is 356 g/mol. The Kier molecular flexibility index (Phi) is 6.55. The molecule has 0 unspecified atom stereocenters. The molecule has 0 radical (unpaired) electrons. The first-order valence-electron chi connectivity index (χ1n) is 7.85. The summed E-state index contributed by atoms with van der Waals surface area (Å²) in [6.07, 6.45) is 0. The van der Waals surface area contributed by atoms with Crippen molar-refractivity contribution in [3.8, 4) is 5.75 Å². The minimum atomic E-state index is -0.590. The van der Waals surface area contributed by atoms with Crippen LogP contribution in [0.5, 0.6) is 5.75 Å². The van der Waals surface area contributed by atoms with Gasteiger partial charge in [-0.15, -0.1) is 0 Å². The number of hydrogen-bond donors (Lipinski definition) is 4. The molecule has 0 aliphatic heterocycles. The Morgan fingerprint density at radius 1 is 1.00 bits per heavy atom. The van der Waals surface area contributed by atoms with E-state index in [1.807, 2.05) is 31.2 Å². The number of aryl methyl sites for hydroxylation is 1. The summed E-state index contributed by atoms with van der Waals surface area (Å²) in [6, 6.07) is 13.7. The predicted octanol–water partition coefficient (Wildman–Crippen LogP) is 0.732. The van der Waals surface area contributed by atoms with E-state index in [-0.39, 0.29) is 18.7 Å². The number of rotatable bonds is 7. The van der Waals surface area contributed by atoms with E-state index in [4.69, 9.17) is 10.5 Å². The van der Waals surface area contributed by atoms with E-state index < -0.39 is 17.7 Å². The molecule has 3 amide bonds. The number of benzene rings is 2. The first-order valence-corrected chi connectivity index (χ1v) is 7.85. The van der Waals surface area contributed by atoms with Crippen LogP contribution in [0.2, 0.25) is 0 Å². The first-order chi connectivity index (χ1) is 12.4. The fraction of sp³-hybridized carbons (Fsp3) is 0.167. The van der Waals surface area contributed by atoms with Gasteiger partial charge in [-0.1, -0.05) is 23.8 Å². The quantitative estimate of drug-likeness (QED) is 0.545. The van der Waals surface area contributed by atoms with Crippen molar-refractivity contribution in [2.75, 3.05) is 18.5 Å². The Hall–Kier alpha value is -3.55. The van der Waals surface area contributed by atoms with E-state index in [1.165, 1.54) is 12.1 Å². The largest absolute Gasteiger partial charge is 0.484 e. The molecule has 5 N–H and O–H groups in total. The average Bonchev–Trinajstić information content (AvgIpc) is 2.64. The van der Waals surface area contributed by atoms with Crippen LogP contribution < -0.4 is 26.6 Å². The van der Waals surface area contributed by atoms with Crippen molar-refractivity contribution in [1.29, 1.82) is 0 Å². The highest BCUT2D eigenvalue weighted by Gasteiger charge is 2.07. The third-order valence-corrected chi connectivity index (χ3v) is 3.33. The van der Waals surface area contributed by atoms with E-state index in [0.29, 0.717) is 5.75 Å². The molecule has 2 rings (SSSR count). The normalized spacial score (nSPS) is 9.88. The predicted molar refractivity (Wildman–Crippen MR) is 96.4 cm³/mol. The lowest BCUT2D eigenvalue weighted by molar-refractivity contribution is -0.129. The summed E-state index contributed by atoms with van der Waals surface area (Å²) in [5.41, 5.74) is 11.9. The maximum atomic E-state index is 11.7. The lowest BCUT2D eigenvalue weighted by Gasteiger charge is -2.10. The third kappa shape index (κ3) is 6.16. The molecular formula is C18H20N4O4. The summed E-state index contributed by atoms with van der Waals surface area (Å²) in [5.74, 6) is -1.22. The second kappa shape index (κ2) is 9.07. The number of carbonyl (C=O) groups excluding carboxylic acids is 3. The lowest BCUT2D eigenvalue weighted by atomic mass is 10.2. The van der Waals surface area contributed by atoms with Crippen molar-refractivity contribution >= 4 is 23.4 Å². The molecule has 0 fully saturated rings. The number of hydrogen-bond acceptors (Lipinski definition) is 5. The van der Waals surface area contributed by atoms with Gasteiger partial charge in [0.1, 0.15) is 5.75 Å². The van der Waals surface area contributed by atoms with Gasteiger partial charge in [0.05, 0.1) is 6.54 Å². The molecule has 2 aromatic carbocycles. The van der Waals surface area contributed by atoms with E-state index in [1.54, 1.807) is 12.1 Å². The molecule has 8 heteroatoms. The molecule has 0 aliphatic carbocycles. The van der Waals surface area contributed by atoms with Crippen LogP contribution in [0, 0.1) is 6.92 Å². The molecule has 0 aromatic heterocycles. The van der Waals surface area contributed by atoms with Crippen LogP contribution in [-0.4, -0.2) is 30.9 Å². The number of nitrogens with one attached hydrogen (secondary N) is 3. The van der Waals surface area contributed by atoms with Crippen molar-refractivity contribution in [2.24, 2.45) is 5.73 Å². The second-order valence-electron chi connectivity index (χ2n) is 5.50. The fourth-order valence-electron chi connectivity index (χ4n) is 1.96. The third-order valence-electron chi connectivity index (χ3n) is 3.33. The van der Waals surface area contributed by atoms with Gasteiger partial charge in [-0.2, -0.15) is 0 Å². The number of nitrogens with two attached hydrogens (primary N) is 1. The topological polar surface area (TPSA) is 123 Å². The molecule has 0 spiro atoms.